The fraction of sp³-hybridized carbons (Fsp3) is 0.222. The first kappa shape index (κ1) is 11.3. The van der Waals surface area contributed by atoms with E-state index in [1.165, 1.54) is 19.2 Å². The van der Waals surface area contributed by atoms with E-state index in [2.05, 4.69) is 22.4 Å². The average molecular weight is 224 g/mol. The molecule has 0 radical (unpaired) electrons. The first-order valence-corrected chi connectivity index (χ1v) is 4.42. The van der Waals surface area contributed by atoms with Gasteiger partial charge in [0.25, 0.3) is 0 Å². The minimum absolute atomic E-state index is 0.0849. The van der Waals surface area contributed by atoms with E-state index in [4.69, 9.17) is 4.74 Å². The number of thiocarbonyl (C=S) groups is 1. The summed E-state index contributed by atoms with van der Waals surface area (Å²) in [7, 11) is 1.36. The minimum Gasteiger partial charge on any atom is -0.490 e. The van der Waals surface area contributed by atoms with Gasteiger partial charge in [-0.2, -0.15) is 4.99 Å². The van der Waals surface area contributed by atoms with Crippen molar-refractivity contribution in [2.24, 2.45) is 4.99 Å². The third-order valence-corrected chi connectivity index (χ3v) is 1.95. The van der Waals surface area contributed by atoms with Gasteiger partial charge in [-0.3, -0.25) is 10.1 Å². The lowest BCUT2D eigenvalue weighted by Crippen LogP contribution is -1.94. The summed E-state index contributed by atoms with van der Waals surface area (Å²) in [6.45, 7) is 1.71. The fourth-order valence-corrected chi connectivity index (χ4v) is 1.24. The SMILES string of the molecule is COc1cc(N=C=S)c(C)cc1[N+](=O)[O-]. The number of nitro groups is 1. The summed E-state index contributed by atoms with van der Waals surface area (Å²) >= 11 is 4.47. The summed E-state index contributed by atoms with van der Waals surface area (Å²) in [6.07, 6.45) is 0. The monoisotopic (exact) mass is 224 g/mol. The van der Waals surface area contributed by atoms with Crippen LogP contribution < -0.4 is 4.74 Å². The first-order chi connectivity index (χ1) is 7.10. The van der Waals surface area contributed by atoms with Gasteiger partial charge in [-0.25, -0.2) is 0 Å². The standard InChI is InChI=1S/C9H8N2O3S/c1-6-3-8(11(12)13)9(14-2)4-7(6)10-5-15/h3-4H,1-2H3. The van der Waals surface area contributed by atoms with Crippen molar-refractivity contribution < 1.29 is 9.66 Å². The molecule has 0 amide bonds. The Bertz CT molecular complexity index is 453. The Morgan fingerprint density at radius 3 is 2.73 bits per heavy atom. The lowest BCUT2D eigenvalue weighted by atomic mass is 10.1. The van der Waals surface area contributed by atoms with E-state index in [1.807, 2.05) is 0 Å². The number of aryl methyl sites for hydroxylation is 1. The molecule has 0 aliphatic heterocycles. The van der Waals surface area contributed by atoms with E-state index in [1.54, 1.807) is 6.92 Å². The van der Waals surface area contributed by atoms with Gasteiger partial charge in [0.1, 0.15) is 0 Å². The number of hydrogen-bond donors (Lipinski definition) is 0. The van der Waals surface area contributed by atoms with Crippen LogP contribution in [0.25, 0.3) is 0 Å². The second-order valence-corrected chi connectivity index (χ2v) is 2.95. The highest BCUT2D eigenvalue weighted by Crippen LogP contribution is 2.33. The summed E-state index contributed by atoms with van der Waals surface area (Å²) in [5.74, 6) is 0.162. The van der Waals surface area contributed by atoms with Crippen molar-refractivity contribution >= 4 is 28.8 Å². The second-order valence-electron chi connectivity index (χ2n) is 2.77. The van der Waals surface area contributed by atoms with Gasteiger partial charge >= 0.3 is 5.69 Å². The molecule has 78 valence electrons. The molecular formula is C9H8N2O3S. The Balaban J connectivity index is 3.41. The average Bonchev–Trinajstić information content (AvgIpc) is 2.20. The van der Waals surface area contributed by atoms with Crippen LogP contribution in [0, 0.1) is 17.0 Å². The normalized spacial score (nSPS) is 9.20. The zero-order valence-corrected chi connectivity index (χ0v) is 9.00. The largest absolute Gasteiger partial charge is 0.490 e. The zero-order valence-electron chi connectivity index (χ0n) is 8.18. The van der Waals surface area contributed by atoms with Crippen LogP contribution in [-0.4, -0.2) is 17.2 Å². The summed E-state index contributed by atoms with van der Waals surface area (Å²) < 4.78 is 4.89. The quantitative estimate of drug-likeness (QED) is 0.342. The number of hydrogen-bond acceptors (Lipinski definition) is 5. The topological polar surface area (TPSA) is 64.7 Å². The lowest BCUT2D eigenvalue weighted by Gasteiger charge is -2.04. The second kappa shape index (κ2) is 4.63. The summed E-state index contributed by atoms with van der Waals surface area (Å²) in [4.78, 5) is 13.9. The highest BCUT2D eigenvalue weighted by molar-refractivity contribution is 7.78. The van der Waals surface area contributed by atoms with Crippen molar-refractivity contribution in [2.45, 2.75) is 6.92 Å². The third kappa shape index (κ3) is 2.37. The molecule has 0 fully saturated rings. The van der Waals surface area contributed by atoms with Crippen molar-refractivity contribution in [3.8, 4) is 5.75 Å². The van der Waals surface area contributed by atoms with Crippen LogP contribution in [0.1, 0.15) is 5.56 Å². The molecule has 1 rings (SSSR count). The molecule has 1 aromatic carbocycles. The van der Waals surface area contributed by atoms with Crippen molar-refractivity contribution in [3.05, 3.63) is 27.8 Å². The fourth-order valence-electron chi connectivity index (χ4n) is 1.14. The number of rotatable bonds is 3. The van der Waals surface area contributed by atoms with Crippen LogP contribution in [0.4, 0.5) is 11.4 Å². The van der Waals surface area contributed by atoms with Crippen LogP contribution in [0.2, 0.25) is 0 Å². The maximum Gasteiger partial charge on any atom is 0.311 e. The Morgan fingerprint density at radius 1 is 1.60 bits per heavy atom. The number of methoxy groups -OCH3 is 1. The molecule has 6 heteroatoms. The molecule has 15 heavy (non-hydrogen) atoms. The van der Waals surface area contributed by atoms with Crippen molar-refractivity contribution in [2.75, 3.05) is 7.11 Å². The van der Waals surface area contributed by atoms with E-state index in [-0.39, 0.29) is 11.4 Å². The molecule has 0 atom stereocenters. The molecule has 1 aromatic rings. The van der Waals surface area contributed by atoms with Gasteiger partial charge in [-0.15, -0.1) is 0 Å². The number of nitrogens with zero attached hydrogens (tertiary/aromatic N) is 2. The molecule has 0 N–H and O–H groups in total. The molecule has 0 spiro atoms. The Labute approximate surface area is 91.5 Å². The zero-order chi connectivity index (χ0) is 11.4. The maximum atomic E-state index is 10.7. The number of benzene rings is 1. The number of nitro benzene ring substituents is 1. The smallest absolute Gasteiger partial charge is 0.311 e. The number of isothiocyanates is 1. The molecule has 0 aromatic heterocycles. The van der Waals surface area contributed by atoms with E-state index in [9.17, 15) is 10.1 Å². The summed E-state index contributed by atoms with van der Waals surface area (Å²) in [5.41, 5.74) is 1.09. The van der Waals surface area contributed by atoms with Gasteiger partial charge < -0.3 is 4.74 Å². The van der Waals surface area contributed by atoms with Crippen LogP contribution >= 0.6 is 12.2 Å². The summed E-state index contributed by atoms with van der Waals surface area (Å²) in [6, 6.07) is 2.86. The maximum absolute atomic E-state index is 10.7. The Morgan fingerprint density at radius 2 is 2.27 bits per heavy atom. The van der Waals surface area contributed by atoms with Crippen LogP contribution in [-0.2, 0) is 0 Å². The van der Waals surface area contributed by atoms with Gasteiger partial charge in [-0.05, 0) is 24.7 Å². The predicted molar refractivity (Wildman–Crippen MR) is 59.1 cm³/mol. The van der Waals surface area contributed by atoms with Crippen LogP contribution in [0.3, 0.4) is 0 Å². The minimum atomic E-state index is -0.503. The molecule has 5 nitrogen and oxygen atoms in total. The first-order valence-electron chi connectivity index (χ1n) is 4.01. The highest BCUT2D eigenvalue weighted by Gasteiger charge is 2.16. The predicted octanol–water partition coefficient (Wildman–Crippen LogP) is 2.65. The number of ether oxygens (including phenoxy) is 1. The molecule has 0 aliphatic carbocycles. The number of aliphatic imine (C=N–C) groups is 1. The van der Waals surface area contributed by atoms with E-state index in [0.29, 0.717) is 11.3 Å². The molecule has 0 unspecified atom stereocenters. The van der Waals surface area contributed by atoms with Gasteiger partial charge in [0.2, 0.25) is 0 Å². The van der Waals surface area contributed by atoms with Crippen LogP contribution in [0.15, 0.2) is 17.1 Å². The van der Waals surface area contributed by atoms with Gasteiger partial charge in [-0.1, -0.05) is 0 Å². The molecular weight excluding hydrogens is 216 g/mol. The Kier molecular flexibility index (Phi) is 3.49. The molecule has 0 bridgehead atoms. The van der Waals surface area contributed by atoms with Gasteiger partial charge in [0.05, 0.1) is 22.9 Å². The highest BCUT2D eigenvalue weighted by atomic mass is 32.1. The molecule has 0 saturated carbocycles. The van der Waals surface area contributed by atoms with E-state index in [0.717, 1.165) is 0 Å². The van der Waals surface area contributed by atoms with Crippen molar-refractivity contribution in [1.29, 1.82) is 0 Å². The lowest BCUT2D eigenvalue weighted by molar-refractivity contribution is -0.385. The van der Waals surface area contributed by atoms with Crippen molar-refractivity contribution in [1.82, 2.24) is 0 Å². The molecule has 0 aliphatic rings. The van der Waals surface area contributed by atoms with Crippen LogP contribution in [0.5, 0.6) is 5.75 Å². The van der Waals surface area contributed by atoms with Crippen molar-refractivity contribution in [3.63, 3.8) is 0 Å². The molecule has 0 heterocycles. The van der Waals surface area contributed by atoms with Gasteiger partial charge in [0.15, 0.2) is 5.75 Å². The summed E-state index contributed by atoms with van der Waals surface area (Å²) in [5, 5.41) is 12.9. The Hall–Kier alpha value is -1.78. The molecule has 0 saturated heterocycles. The van der Waals surface area contributed by atoms with E-state index < -0.39 is 4.92 Å². The van der Waals surface area contributed by atoms with Gasteiger partial charge in [0, 0.05) is 12.1 Å². The van der Waals surface area contributed by atoms with E-state index >= 15 is 0 Å². The third-order valence-electron chi connectivity index (χ3n) is 1.86.